The minimum atomic E-state index is -0.139. The lowest BCUT2D eigenvalue weighted by Crippen LogP contribution is -2.53. The number of rotatable bonds is 6. The molecule has 4 aliphatic rings. The number of carbonyl (C=O) groups is 2. The van der Waals surface area contributed by atoms with Crippen molar-refractivity contribution in [3.63, 3.8) is 0 Å². The summed E-state index contributed by atoms with van der Waals surface area (Å²) in [5.74, 6) is 3.13. The summed E-state index contributed by atoms with van der Waals surface area (Å²) in [5, 5.41) is 5.95. The predicted molar refractivity (Wildman–Crippen MR) is 106 cm³/mol. The van der Waals surface area contributed by atoms with Gasteiger partial charge in [-0.15, -0.1) is 0 Å². The van der Waals surface area contributed by atoms with Crippen LogP contribution < -0.4 is 10.6 Å². The van der Waals surface area contributed by atoms with Gasteiger partial charge in [-0.1, -0.05) is 12.1 Å². The third kappa shape index (κ3) is 3.29. The summed E-state index contributed by atoms with van der Waals surface area (Å²) in [7, 11) is 0. The molecule has 1 heterocycles. The van der Waals surface area contributed by atoms with Crippen molar-refractivity contribution in [1.82, 2.24) is 20.6 Å². The van der Waals surface area contributed by atoms with Gasteiger partial charge in [0.15, 0.2) is 0 Å². The second-order valence-electron chi connectivity index (χ2n) is 9.18. The monoisotopic (exact) mass is 380 g/mol. The second kappa shape index (κ2) is 6.90. The van der Waals surface area contributed by atoms with Crippen LogP contribution in [0.3, 0.4) is 0 Å². The minimum Gasteiger partial charge on any atom is -0.355 e. The van der Waals surface area contributed by atoms with E-state index >= 15 is 0 Å². The normalized spacial score (nSPS) is 30.5. The van der Waals surface area contributed by atoms with Crippen molar-refractivity contribution < 1.29 is 9.59 Å². The maximum absolute atomic E-state index is 12.9. The number of para-hydroxylation sites is 2. The number of aromatic nitrogens is 2. The number of carbonyl (C=O) groups excluding carboxylic acids is 2. The van der Waals surface area contributed by atoms with Gasteiger partial charge in [-0.05, 0) is 68.4 Å². The zero-order valence-electron chi connectivity index (χ0n) is 16.2. The maximum Gasteiger partial charge on any atom is 0.226 e. The molecule has 4 fully saturated rings. The first kappa shape index (κ1) is 17.7. The Morgan fingerprint density at radius 1 is 1.04 bits per heavy atom. The predicted octanol–water partition coefficient (Wildman–Crippen LogP) is 2.90. The molecule has 0 radical (unpaired) electrons. The molecule has 0 spiro atoms. The number of imidazole rings is 1. The number of nitrogens with zero attached hydrogens (tertiary/aromatic N) is 1. The molecule has 4 aliphatic carbocycles. The van der Waals surface area contributed by atoms with Gasteiger partial charge in [0.25, 0.3) is 0 Å². The average molecular weight is 380 g/mol. The Hall–Kier alpha value is -2.37. The SMILES string of the molecule is O=C(CCNC(=O)C12CC3CC(CC(C3)C1)C2)NCc1nc2ccccc2[nH]1. The first-order valence-electron chi connectivity index (χ1n) is 10.6. The van der Waals surface area contributed by atoms with Crippen LogP contribution in [0, 0.1) is 23.2 Å². The summed E-state index contributed by atoms with van der Waals surface area (Å²) in [6.45, 7) is 0.781. The largest absolute Gasteiger partial charge is 0.355 e. The third-order valence-electron chi connectivity index (χ3n) is 7.05. The fourth-order valence-corrected chi connectivity index (χ4v) is 6.23. The lowest BCUT2D eigenvalue weighted by atomic mass is 9.49. The Kier molecular flexibility index (Phi) is 4.37. The van der Waals surface area contributed by atoms with Gasteiger partial charge in [0.05, 0.1) is 17.6 Å². The van der Waals surface area contributed by atoms with Crippen LogP contribution in [-0.4, -0.2) is 28.3 Å². The van der Waals surface area contributed by atoms with E-state index in [0.29, 0.717) is 19.5 Å². The van der Waals surface area contributed by atoms with Gasteiger partial charge in [-0.3, -0.25) is 9.59 Å². The van der Waals surface area contributed by atoms with Crippen molar-refractivity contribution in [3.05, 3.63) is 30.1 Å². The molecule has 148 valence electrons. The molecule has 0 atom stereocenters. The van der Waals surface area contributed by atoms with Crippen LogP contribution in [0.25, 0.3) is 11.0 Å². The van der Waals surface area contributed by atoms with Crippen LogP contribution in [0.2, 0.25) is 0 Å². The van der Waals surface area contributed by atoms with Crippen molar-refractivity contribution in [2.75, 3.05) is 6.54 Å². The van der Waals surface area contributed by atoms with E-state index in [1.807, 2.05) is 24.3 Å². The fraction of sp³-hybridized carbons (Fsp3) is 0.591. The summed E-state index contributed by atoms with van der Waals surface area (Å²) < 4.78 is 0. The molecule has 4 saturated carbocycles. The lowest BCUT2D eigenvalue weighted by Gasteiger charge is -2.55. The molecule has 6 rings (SSSR count). The number of aromatic amines is 1. The molecule has 28 heavy (non-hydrogen) atoms. The number of fused-ring (bicyclic) bond motifs is 1. The molecule has 2 amide bonds. The van der Waals surface area contributed by atoms with Gasteiger partial charge in [-0.25, -0.2) is 4.98 Å². The standard InChI is InChI=1S/C22H28N4O2/c27-20(24-13-19-25-17-3-1-2-4-18(17)26-19)5-6-23-21(28)22-10-14-7-15(11-22)9-16(8-14)12-22/h1-4,14-16H,5-13H2,(H,23,28)(H,24,27)(H,25,26). The second-order valence-corrected chi connectivity index (χ2v) is 9.18. The molecule has 2 aromatic rings. The molecular weight excluding hydrogens is 352 g/mol. The van der Waals surface area contributed by atoms with Gasteiger partial charge in [0, 0.05) is 18.4 Å². The number of benzene rings is 1. The molecule has 6 heteroatoms. The number of hydrogen-bond acceptors (Lipinski definition) is 3. The van der Waals surface area contributed by atoms with Crippen molar-refractivity contribution in [2.45, 2.75) is 51.5 Å². The van der Waals surface area contributed by atoms with E-state index in [0.717, 1.165) is 53.9 Å². The van der Waals surface area contributed by atoms with E-state index in [-0.39, 0.29) is 17.2 Å². The number of H-pyrrole nitrogens is 1. The van der Waals surface area contributed by atoms with Crippen LogP contribution in [-0.2, 0) is 16.1 Å². The Morgan fingerprint density at radius 2 is 1.71 bits per heavy atom. The first-order valence-corrected chi connectivity index (χ1v) is 10.6. The van der Waals surface area contributed by atoms with Crippen LogP contribution in [0.15, 0.2) is 24.3 Å². The zero-order valence-corrected chi connectivity index (χ0v) is 16.2. The summed E-state index contributed by atoms with van der Waals surface area (Å²) in [4.78, 5) is 32.7. The highest BCUT2D eigenvalue weighted by atomic mass is 16.2. The van der Waals surface area contributed by atoms with Crippen LogP contribution >= 0.6 is 0 Å². The Labute approximate surface area is 164 Å². The highest BCUT2D eigenvalue weighted by Gasteiger charge is 2.54. The van der Waals surface area contributed by atoms with Crippen molar-refractivity contribution in [3.8, 4) is 0 Å². The van der Waals surface area contributed by atoms with E-state index < -0.39 is 0 Å². The molecule has 3 N–H and O–H groups in total. The summed E-state index contributed by atoms with van der Waals surface area (Å²) >= 11 is 0. The first-order chi connectivity index (χ1) is 13.6. The summed E-state index contributed by atoms with van der Waals surface area (Å²) in [6, 6.07) is 7.80. The number of nitrogens with one attached hydrogen (secondary N) is 3. The molecule has 4 bridgehead atoms. The Balaban J connectivity index is 1.09. The van der Waals surface area contributed by atoms with Crippen molar-refractivity contribution in [2.24, 2.45) is 23.2 Å². The average Bonchev–Trinajstić information content (AvgIpc) is 3.08. The minimum absolute atomic E-state index is 0.0636. The highest BCUT2D eigenvalue weighted by Crippen LogP contribution is 2.60. The van der Waals surface area contributed by atoms with E-state index in [1.54, 1.807) is 0 Å². The molecule has 0 aliphatic heterocycles. The van der Waals surface area contributed by atoms with Gasteiger partial charge in [0.1, 0.15) is 5.82 Å². The number of hydrogen-bond donors (Lipinski definition) is 3. The molecule has 0 unspecified atom stereocenters. The van der Waals surface area contributed by atoms with Crippen LogP contribution in [0.4, 0.5) is 0 Å². The van der Waals surface area contributed by atoms with E-state index in [9.17, 15) is 9.59 Å². The quantitative estimate of drug-likeness (QED) is 0.720. The van der Waals surface area contributed by atoms with Gasteiger partial charge >= 0.3 is 0 Å². The third-order valence-corrected chi connectivity index (χ3v) is 7.05. The highest BCUT2D eigenvalue weighted by molar-refractivity contribution is 5.84. The van der Waals surface area contributed by atoms with Crippen LogP contribution in [0.5, 0.6) is 0 Å². The van der Waals surface area contributed by atoms with Gasteiger partial charge < -0.3 is 15.6 Å². The Morgan fingerprint density at radius 3 is 2.39 bits per heavy atom. The maximum atomic E-state index is 12.9. The Bertz CT molecular complexity index is 835. The summed E-state index contributed by atoms with van der Waals surface area (Å²) in [6.07, 6.45) is 7.47. The molecule has 1 aromatic heterocycles. The molecule has 1 aromatic carbocycles. The van der Waals surface area contributed by atoms with E-state index in [2.05, 4.69) is 20.6 Å². The van der Waals surface area contributed by atoms with Crippen molar-refractivity contribution in [1.29, 1.82) is 0 Å². The lowest BCUT2D eigenvalue weighted by molar-refractivity contribution is -0.146. The molecule has 6 nitrogen and oxygen atoms in total. The van der Waals surface area contributed by atoms with Gasteiger partial charge in [0.2, 0.25) is 11.8 Å². The molecular formula is C22H28N4O2. The fourth-order valence-electron chi connectivity index (χ4n) is 6.23. The number of amides is 2. The van der Waals surface area contributed by atoms with E-state index in [4.69, 9.17) is 0 Å². The van der Waals surface area contributed by atoms with Crippen molar-refractivity contribution >= 4 is 22.8 Å². The topological polar surface area (TPSA) is 86.9 Å². The smallest absolute Gasteiger partial charge is 0.226 e. The van der Waals surface area contributed by atoms with Crippen LogP contribution in [0.1, 0.15) is 50.8 Å². The van der Waals surface area contributed by atoms with Gasteiger partial charge in [-0.2, -0.15) is 0 Å². The summed E-state index contributed by atoms with van der Waals surface area (Å²) in [5.41, 5.74) is 1.73. The van der Waals surface area contributed by atoms with E-state index in [1.165, 1.54) is 19.3 Å². The molecule has 0 saturated heterocycles. The zero-order chi connectivity index (χ0) is 19.1.